The second-order valence-electron chi connectivity index (χ2n) is 5.07. The van der Waals surface area contributed by atoms with Gasteiger partial charge in [0, 0.05) is 22.3 Å². The molecule has 0 fully saturated rings. The van der Waals surface area contributed by atoms with Gasteiger partial charge in [0.2, 0.25) is 0 Å². The molecule has 0 amide bonds. The van der Waals surface area contributed by atoms with Crippen molar-refractivity contribution in [3.05, 3.63) is 58.7 Å². The number of anilines is 2. The number of nitrogens with zero attached hydrogens (tertiary/aromatic N) is 1. The lowest BCUT2D eigenvalue weighted by atomic mass is 10.1. The molecule has 0 spiro atoms. The Bertz CT molecular complexity index is 908. The van der Waals surface area contributed by atoms with E-state index in [1.165, 1.54) is 18.3 Å². The van der Waals surface area contributed by atoms with Gasteiger partial charge >= 0.3 is 5.97 Å². The Morgan fingerprint density at radius 1 is 1.22 bits per heavy atom. The van der Waals surface area contributed by atoms with Crippen LogP contribution < -0.4 is 10.4 Å². The molecule has 0 aliphatic heterocycles. The number of aryl methyl sites for hydroxylation is 1. The molecule has 0 saturated heterocycles. The molecule has 23 heavy (non-hydrogen) atoms. The van der Waals surface area contributed by atoms with Crippen LogP contribution in [0.15, 0.2) is 42.6 Å². The molecule has 5 nitrogen and oxygen atoms in total. The lowest BCUT2D eigenvalue weighted by Crippen LogP contribution is -2.05. The van der Waals surface area contributed by atoms with Crippen LogP contribution in [0.4, 0.5) is 11.4 Å². The van der Waals surface area contributed by atoms with E-state index in [0.29, 0.717) is 27.3 Å². The molecule has 116 valence electrons. The number of halogens is 1. The Hall–Kier alpha value is -2.79. The molecule has 3 aromatic rings. The van der Waals surface area contributed by atoms with Gasteiger partial charge in [-0.25, -0.2) is 4.79 Å². The summed E-state index contributed by atoms with van der Waals surface area (Å²) in [5, 5.41) is 24.9. The van der Waals surface area contributed by atoms with Crippen LogP contribution in [-0.2, 0) is 0 Å². The molecular formula is C17H12ClN2O3-. The highest BCUT2D eigenvalue weighted by Crippen LogP contribution is 2.33. The van der Waals surface area contributed by atoms with Crippen LogP contribution >= 0.6 is 11.6 Å². The first-order valence-corrected chi connectivity index (χ1v) is 7.20. The Balaban J connectivity index is 2.22. The van der Waals surface area contributed by atoms with Gasteiger partial charge in [0.15, 0.2) is 0 Å². The van der Waals surface area contributed by atoms with E-state index in [-0.39, 0.29) is 11.3 Å². The number of aromatic carboxylic acids is 1. The largest absolute Gasteiger partial charge is 0.872 e. The molecule has 0 radical (unpaired) electrons. The van der Waals surface area contributed by atoms with Crippen LogP contribution in [-0.4, -0.2) is 16.1 Å². The van der Waals surface area contributed by atoms with E-state index in [1.54, 1.807) is 24.3 Å². The maximum absolute atomic E-state index is 11.5. The molecule has 2 aromatic carbocycles. The van der Waals surface area contributed by atoms with Crippen LogP contribution in [0, 0.1) is 6.92 Å². The maximum atomic E-state index is 11.5. The highest BCUT2D eigenvalue weighted by molar-refractivity contribution is 6.32. The zero-order valence-electron chi connectivity index (χ0n) is 12.1. The number of pyridine rings is 1. The van der Waals surface area contributed by atoms with Gasteiger partial charge in [-0.3, -0.25) is 4.98 Å². The molecule has 0 atom stereocenters. The highest BCUT2D eigenvalue weighted by Gasteiger charge is 2.16. The minimum absolute atomic E-state index is 0.0467. The maximum Gasteiger partial charge on any atom is 0.339 e. The minimum atomic E-state index is -1.09. The van der Waals surface area contributed by atoms with Gasteiger partial charge in [0.25, 0.3) is 0 Å². The van der Waals surface area contributed by atoms with Crippen molar-refractivity contribution in [1.82, 2.24) is 4.98 Å². The third kappa shape index (κ3) is 2.78. The summed E-state index contributed by atoms with van der Waals surface area (Å²) in [6.07, 6.45) is 1.30. The Kier molecular flexibility index (Phi) is 3.80. The summed E-state index contributed by atoms with van der Waals surface area (Å²) in [6.45, 7) is 1.83. The second kappa shape index (κ2) is 5.78. The van der Waals surface area contributed by atoms with Crippen molar-refractivity contribution in [2.45, 2.75) is 6.92 Å². The summed E-state index contributed by atoms with van der Waals surface area (Å²) in [5.41, 5.74) is 2.49. The van der Waals surface area contributed by atoms with E-state index in [1.807, 2.05) is 6.92 Å². The smallest absolute Gasteiger partial charge is 0.339 e. The number of carboxylic acid groups (broad SMARTS) is 1. The van der Waals surface area contributed by atoms with Crippen LogP contribution in [0.1, 0.15) is 15.9 Å². The highest BCUT2D eigenvalue weighted by atomic mass is 35.5. The van der Waals surface area contributed by atoms with Gasteiger partial charge in [-0.15, -0.1) is 5.75 Å². The van der Waals surface area contributed by atoms with Gasteiger partial charge in [0.1, 0.15) is 5.56 Å². The molecule has 2 N–H and O–H groups in total. The lowest BCUT2D eigenvalue weighted by Gasteiger charge is -2.15. The number of rotatable bonds is 3. The topological polar surface area (TPSA) is 85.3 Å². The number of benzene rings is 2. The standard InChI is InChI=1S/C17H13ClN2O3/c1-9-14(18)7-6-12-15(9)19-8-13(17(22)23)16(12)20-10-2-4-11(21)5-3-10/h2-8,21H,1H3,(H,19,20)(H,22,23)/p-1. The quantitative estimate of drug-likeness (QED) is 0.766. The van der Waals surface area contributed by atoms with Gasteiger partial charge in [-0.1, -0.05) is 23.7 Å². The summed E-state index contributed by atoms with van der Waals surface area (Å²) in [4.78, 5) is 15.7. The fourth-order valence-corrected chi connectivity index (χ4v) is 2.51. The summed E-state index contributed by atoms with van der Waals surface area (Å²) in [5.74, 6) is -1.20. The van der Waals surface area contributed by atoms with Crippen LogP contribution in [0.3, 0.4) is 0 Å². The zero-order chi connectivity index (χ0) is 16.6. The molecule has 0 aliphatic rings. The number of hydrogen-bond acceptors (Lipinski definition) is 4. The Morgan fingerprint density at radius 2 is 1.91 bits per heavy atom. The zero-order valence-corrected chi connectivity index (χ0v) is 12.9. The number of aromatic nitrogens is 1. The van der Waals surface area contributed by atoms with Crippen molar-refractivity contribution in [3.8, 4) is 5.75 Å². The molecular weight excluding hydrogens is 316 g/mol. The number of carboxylic acids is 1. The van der Waals surface area contributed by atoms with Crippen molar-refractivity contribution in [2.75, 3.05) is 5.32 Å². The molecule has 0 unspecified atom stereocenters. The normalized spacial score (nSPS) is 10.7. The van der Waals surface area contributed by atoms with Crippen molar-refractivity contribution < 1.29 is 15.0 Å². The van der Waals surface area contributed by atoms with Gasteiger partial charge in [0.05, 0.1) is 11.2 Å². The number of hydrogen-bond donors (Lipinski definition) is 2. The van der Waals surface area contributed by atoms with Crippen LogP contribution in [0.25, 0.3) is 10.9 Å². The first-order chi connectivity index (χ1) is 11.0. The molecule has 0 aliphatic carbocycles. The molecule has 6 heteroatoms. The molecule has 1 heterocycles. The van der Waals surface area contributed by atoms with Gasteiger partial charge in [-0.05, 0) is 36.8 Å². The third-order valence-electron chi connectivity index (χ3n) is 3.58. The predicted molar refractivity (Wildman–Crippen MR) is 87.6 cm³/mol. The Labute approximate surface area is 137 Å². The predicted octanol–water partition coefficient (Wildman–Crippen LogP) is 3.71. The van der Waals surface area contributed by atoms with Crippen molar-refractivity contribution in [2.24, 2.45) is 0 Å². The van der Waals surface area contributed by atoms with E-state index >= 15 is 0 Å². The van der Waals surface area contributed by atoms with E-state index in [9.17, 15) is 15.0 Å². The van der Waals surface area contributed by atoms with E-state index < -0.39 is 5.97 Å². The van der Waals surface area contributed by atoms with E-state index in [0.717, 1.165) is 5.56 Å². The second-order valence-corrected chi connectivity index (χ2v) is 5.48. The fraction of sp³-hybridized carbons (Fsp3) is 0.0588. The summed E-state index contributed by atoms with van der Waals surface area (Å²) in [6, 6.07) is 9.46. The molecule has 0 bridgehead atoms. The molecule has 1 aromatic heterocycles. The van der Waals surface area contributed by atoms with Crippen molar-refractivity contribution in [1.29, 1.82) is 0 Å². The van der Waals surface area contributed by atoms with Crippen molar-refractivity contribution in [3.63, 3.8) is 0 Å². The number of fused-ring (bicyclic) bond motifs is 1. The van der Waals surface area contributed by atoms with Gasteiger partial charge in [-0.2, -0.15) is 0 Å². The first-order valence-electron chi connectivity index (χ1n) is 6.82. The van der Waals surface area contributed by atoms with E-state index in [4.69, 9.17) is 11.6 Å². The van der Waals surface area contributed by atoms with Crippen LogP contribution in [0.5, 0.6) is 5.75 Å². The Morgan fingerprint density at radius 3 is 2.57 bits per heavy atom. The van der Waals surface area contributed by atoms with Crippen molar-refractivity contribution >= 4 is 39.8 Å². The lowest BCUT2D eigenvalue weighted by molar-refractivity contribution is -0.268. The third-order valence-corrected chi connectivity index (χ3v) is 3.99. The fourth-order valence-electron chi connectivity index (χ4n) is 2.36. The first kappa shape index (κ1) is 15.1. The molecule has 0 saturated carbocycles. The monoisotopic (exact) mass is 327 g/mol. The summed E-state index contributed by atoms with van der Waals surface area (Å²) < 4.78 is 0. The minimum Gasteiger partial charge on any atom is -0.872 e. The molecule has 3 rings (SSSR count). The van der Waals surface area contributed by atoms with Gasteiger partial charge < -0.3 is 15.5 Å². The van der Waals surface area contributed by atoms with E-state index in [2.05, 4.69) is 10.3 Å². The SMILES string of the molecule is Cc1c(Cl)ccc2c(Nc3ccc([O-])cc3)c(C(=O)O)cnc12. The number of carbonyl (C=O) groups is 1. The summed E-state index contributed by atoms with van der Waals surface area (Å²) in [7, 11) is 0. The average molecular weight is 328 g/mol. The summed E-state index contributed by atoms with van der Waals surface area (Å²) >= 11 is 6.11. The van der Waals surface area contributed by atoms with Crippen LogP contribution in [0.2, 0.25) is 5.02 Å². The number of nitrogens with one attached hydrogen (secondary N) is 1. The average Bonchev–Trinajstić information content (AvgIpc) is 2.53.